The number of morpholine rings is 1. The quantitative estimate of drug-likeness (QED) is 0.402. The minimum Gasteiger partial charge on any atom is -0.489 e. The Kier molecular flexibility index (Phi) is 8.94. The lowest BCUT2D eigenvalue weighted by atomic mass is 10.2. The molecule has 2 unspecified atom stereocenters. The van der Waals surface area contributed by atoms with E-state index >= 15 is 0 Å². The van der Waals surface area contributed by atoms with Crippen LogP contribution in [-0.2, 0) is 4.74 Å². The smallest absolute Gasteiger partial charge is 0.193 e. The van der Waals surface area contributed by atoms with Gasteiger partial charge in [-0.3, -0.25) is 9.89 Å². The molecule has 2 aliphatic rings. The Balaban J connectivity index is 0.00000243. The molecule has 2 aliphatic heterocycles. The maximum absolute atomic E-state index is 5.93. The highest BCUT2D eigenvalue weighted by Gasteiger charge is 2.30. The van der Waals surface area contributed by atoms with Crippen LogP contribution in [0.4, 0.5) is 0 Å². The normalized spacial score (nSPS) is 22.6. The third kappa shape index (κ3) is 5.99. The maximum atomic E-state index is 5.93. The van der Waals surface area contributed by atoms with Crippen LogP contribution in [0.25, 0.3) is 0 Å². The first kappa shape index (κ1) is 21.2. The van der Waals surface area contributed by atoms with E-state index in [1.165, 1.54) is 6.42 Å². The minimum absolute atomic E-state index is 0. The molecule has 26 heavy (non-hydrogen) atoms. The number of nitrogens with one attached hydrogen (secondary N) is 1. The Bertz CT molecular complexity index is 552. The molecule has 0 radical (unpaired) electrons. The number of ether oxygens (including phenoxy) is 2. The van der Waals surface area contributed by atoms with Crippen LogP contribution >= 0.6 is 24.0 Å². The van der Waals surface area contributed by atoms with E-state index in [1.54, 1.807) is 0 Å². The third-order valence-corrected chi connectivity index (χ3v) is 4.86. The molecule has 1 aromatic carbocycles. The van der Waals surface area contributed by atoms with Crippen LogP contribution in [0.2, 0.25) is 0 Å². The summed E-state index contributed by atoms with van der Waals surface area (Å²) in [4.78, 5) is 9.37. The summed E-state index contributed by atoms with van der Waals surface area (Å²) in [5.74, 6) is 1.87. The second kappa shape index (κ2) is 10.9. The van der Waals surface area contributed by atoms with E-state index in [1.807, 2.05) is 37.4 Å². The number of hydrogen-bond acceptors (Lipinski definition) is 4. The van der Waals surface area contributed by atoms with Crippen molar-refractivity contribution >= 4 is 29.9 Å². The highest BCUT2D eigenvalue weighted by Crippen LogP contribution is 2.17. The first-order valence-corrected chi connectivity index (χ1v) is 9.25. The maximum Gasteiger partial charge on any atom is 0.193 e. The summed E-state index contributed by atoms with van der Waals surface area (Å²) < 4.78 is 11.4. The van der Waals surface area contributed by atoms with E-state index in [0.717, 1.165) is 57.6 Å². The molecule has 2 atom stereocenters. The molecule has 6 nitrogen and oxygen atoms in total. The van der Waals surface area contributed by atoms with Crippen molar-refractivity contribution in [2.45, 2.75) is 25.5 Å². The summed E-state index contributed by atoms with van der Waals surface area (Å²) in [5.41, 5.74) is 0. The largest absolute Gasteiger partial charge is 0.489 e. The average Bonchev–Trinajstić information content (AvgIpc) is 3.14. The summed E-state index contributed by atoms with van der Waals surface area (Å²) in [6.07, 6.45) is 1.27. The Morgan fingerprint density at radius 3 is 2.69 bits per heavy atom. The van der Waals surface area contributed by atoms with Crippen molar-refractivity contribution in [1.29, 1.82) is 0 Å². The highest BCUT2D eigenvalue weighted by molar-refractivity contribution is 14.0. The molecule has 7 heteroatoms. The van der Waals surface area contributed by atoms with Crippen molar-refractivity contribution in [2.24, 2.45) is 4.99 Å². The van der Waals surface area contributed by atoms with Gasteiger partial charge in [-0.25, -0.2) is 0 Å². The van der Waals surface area contributed by atoms with Crippen molar-refractivity contribution in [3.8, 4) is 5.75 Å². The van der Waals surface area contributed by atoms with E-state index in [0.29, 0.717) is 6.04 Å². The van der Waals surface area contributed by atoms with Gasteiger partial charge in [0.05, 0.1) is 19.8 Å². The summed E-state index contributed by atoms with van der Waals surface area (Å²) in [6.45, 7) is 8.71. The molecule has 0 amide bonds. The summed E-state index contributed by atoms with van der Waals surface area (Å²) >= 11 is 0. The van der Waals surface area contributed by atoms with Crippen LogP contribution in [0.15, 0.2) is 35.3 Å². The van der Waals surface area contributed by atoms with Gasteiger partial charge in [-0.1, -0.05) is 18.2 Å². The first-order valence-electron chi connectivity index (χ1n) is 9.25. The molecule has 0 aliphatic carbocycles. The van der Waals surface area contributed by atoms with Crippen LogP contribution in [0.5, 0.6) is 5.75 Å². The predicted octanol–water partition coefficient (Wildman–Crippen LogP) is 2.05. The van der Waals surface area contributed by atoms with E-state index in [4.69, 9.17) is 9.47 Å². The number of guanidine groups is 1. The Hall–Kier alpha value is -1.06. The lowest BCUT2D eigenvalue weighted by Gasteiger charge is -2.32. The van der Waals surface area contributed by atoms with Gasteiger partial charge < -0.3 is 19.7 Å². The number of aliphatic imine (C=N–C) groups is 1. The molecule has 0 saturated carbocycles. The Labute approximate surface area is 173 Å². The van der Waals surface area contributed by atoms with Crippen LogP contribution in [-0.4, -0.2) is 80.9 Å². The zero-order valence-electron chi connectivity index (χ0n) is 15.8. The van der Waals surface area contributed by atoms with Crippen LogP contribution in [0, 0.1) is 0 Å². The van der Waals surface area contributed by atoms with Crippen molar-refractivity contribution < 1.29 is 9.47 Å². The monoisotopic (exact) mass is 474 g/mol. The minimum atomic E-state index is 0. The second-order valence-corrected chi connectivity index (χ2v) is 6.71. The van der Waals surface area contributed by atoms with Crippen molar-refractivity contribution in [3.63, 3.8) is 0 Å². The fraction of sp³-hybridized carbons (Fsp3) is 0.632. The van der Waals surface area contributed by atoms with Gasteiger partial charge in [0.15, 0.2) is 5.96 Å². The number of halogens is 1. The average molecular weight is 474 g/mol. The molecule has 2 saturated heterocycles. The molecule has 0 bridgehead atoms. The van der Waals surface area contributed by atoms with Gasteiger partial charge in [0, 0.05) is 39.3 Å². The van der Waals surface area contributed by atoms with Gasteiger partial charge in [0.25, 0.3) is 0 Å². The highest BCUT2D eigenvalue weighted by atomic mass is 127. The molecule has 1 aromatic rings. The standard InChI is InChI=1S/C19H30N4O2.HI/c1-16(25-18-6-4-3-5-7-18)14-21-19(20-2)23-9-8-17(15-23)22-10-12-24-13-11-22;/h3-7,16-17H,8-15H2,1-2H3,(H,20,21);1H. The molecule has 2 heterocycles. The molecule has 1 N–H and O–H groups in total. The predicted molar refractivity (Wildman–Crippen MR) is 116 cm³/mol. The molecular weight excluding hydrogens is 443 g/mol. The zero-order valence-corrected chi connectivity index (χ0v) is 18.1. The van der Waals surface area contributed by atoms with Gasteiger partial charge in [0.1, 0.15) is 11.9 Å². The molecule has 0 spiro atoms. The number of hydrogen-bond donors (Lipinski definition) is 1. The zero-order chi connectivity index (χ0) is 17.5. The molecule has 0 aromatic heterocycles. The van der Waals surface area contributed by atoms with Crippen molar-refractivity contribution in [1.82, 2.24) is 15.1 Å². The van der Waals surface area contributed by atoms with E-state index < -0.39 is 0 Å². The SMILES string of the molecule is CN=C(NCC(C)Oc1ccccc1)N1CCC(N2CCOCC2)C1.I. The van der Waals surface area contributed by atoms with Gasteiger partial charge in [-0.05, 0) is 25.5 Å². The summed E-state index contributed by atoms with van der Waals surface area (Å²) in [6, 6.07) is 10.6. The molecule has 146 valence electrons. The molecule has 3 rings (SSSR count). The lowest BCUT2D eigenvalue weighted by molar-refractivity contribution is 0.0194. The number of likely N-dealkylation sites (tertiary alicyclic amines) is 1. The number of benzene rings is 1. The van der Waals surface area contributed by atoms with Crippen LogP contribution in [0.1, 0.15) is 13.3 Å². The number of rotatable bonds is 5. The second-order valence-electron chi connectivity index (χ2n) is 6.71. The van der Waals surface area contributed by atoms with Crippen LogP contribution < -0.4 is 10.1 Å². The summed E-state index contributed by atoms with van der Waals surface area (Å²) in [7, 11) is 1.85. The third-order valence-electron chi connectivity index (χ3n) is 4.86. The fourth-order valence-corrected chi connectivity index (χ4v) is 3.52. The van der Waals surface area contributed by atoms with E-state index in [-0.39, 0.29) is 30.1 Å². The first-order chi connectivity index (χ1) is 12.3. The van der Waals surface area contributed by atoms with Gasteiger partial charge in [-0.15, -0.1) is 24.0 Å². The molecular formula is C19H31IN4O2. The van der Waals surface area contributed by atoms with Gasteiger partial charge in [0.2, 0.25) is 0 Å². The Morgan fingerprint density at radius 2 is 2.00 bits per heavy atom. The van der Waals surface area contributed by atoms with Crippen molar-refractivity contribution in [2.75, 3.05) is 53.0 Å². The van der Waals surface area contributed by atoms with E-state index in [2.05, 4.69) is 27.0 Å². The number of para-hydroxylation sites is 1. The topological polar surface area (TPSA) is 49.3 Å². The van der Waals surface area contributed by atoms with Gasteiger partial charge >= 0.3 is 0 Å². The Morgan fingerprint density at radius 1 is 1.27 bits per heavy atom. The lowest BCUT2D eigenvalue weighted by Crippen LogP contribution is -2.47. The molecule has 2 fully saturated rings. The van der Waals surface area contributed by atoms with Gasteiger partial charge in [-0.2, -0.15) is 0 Å². The fourth-order valence-electron chi connectivity index (χ4n) is 3.52. The number of nitrogens with zero attached hydrogens (tertiary/aromatic N) is 3. The summed E-state index contributed by atoms with van der Waals surface area (Å²) in [5, 5.41) is 3.46. The van der Waals surface area contributed by atoms with Crippen LogP contribution in [0.3, 0.4) is 0 Å². The van der Waals surface area contributed by atoms with E-state index in [9.17, 15) is 0 Å². The van der Waals surface area contributed by atoms with Crippen molar-refractivity contribution in [3.05, 3.63) is 30.3 Å².